The lowest BCUT2D eigenvalue weighted by molar-refractivity contribution is -0.150. The van der Waals surface area contributed by atoms with E-state index in [1.165, 1.54) is 25.9 Å². The Labute approximate surface area is 770 Å². The van der Waals surface area contributed by atoms with E-state index in [1.54, 1.807) is 92.7 Å². The molecule has 0 aromatic heterocycles. The van der Waals surface area contributed by atoms with Crippen LogP contribution in [0.5, 0.6) is 0 Å². The third-order valence-corrected chi connectivity index (χ3v) is 16.3. The van der Waals surface area contributed by atoms with Crippen molar-refractivity contribution in [1.29, 1.82) is 0 Å². The average Bonchev–Trinajstić information content (AvgIpc) is 0.794. The summed E-state index contributed by atoms with van der Waals surface area (Å²) in [5.74, 6) is -14.5. The molecular formula is C93H119N9O31. The normalized spacial score (nSPS) is 10.3. The Bertz CT molecular complexity index is 4750. The lowest BCUT2D eigenvalue weighted by atomic mass is 10.0. The van der Waals surface area contributed by atoms with Crippen molar-refractivity contribution in [2.24, 2.45) is 5.92 Å². The zero-order chi connectivity index (χ0) is 103. The highest BCUT2D eigenvalue weighted by atomic mass is 16.5. The molecule has 722 valence electrons. The fourth-order valence-corrected chi connectivity index (χ4v) is 9.46. The molecule has 5 rings (SSSR count). The second kappa shape index (κ2) is 70.1. The van der Waals surface area contributed by atoms with E-state index in [1.807, 2.05) is 86.6 Å². The topological polar surface area (TPSA) is 604 Å². The van der Waals surface area contributed by atoms with E-state index in [9.17, 15) is 86.3 Å². The molecule has 6 amide bonds. The minimum Gasteiger partial charge on any atom is -0.481 e. The van der Waals surface area contributed by atoms with Gasteiger partial charge in [0.15, 0.2) is 0 Å². The number of nitrogens with zero attached hydrogens (tertiary/aromatic N) is 6. The first-order chi connectivity index (χ1) is 62.3. The first-order valence-electron chi connectivity index (χ1n) is 39.3. The summed E-state index contributed by atoms with van der Waals surface area (Å²) < 4.78 is 8.63. The predicted octanol–water partition coefficient (Wildman–Crippen LogP) is 6.83. The maximum Gasteiger partial charge on any atom is 0.325 e. The summed E-state index contributed by atoms with van der Waals surface area (Å²) in [7, 11) is 5.13. The van der Waals surface area contributed by atoms with Crippen LogP contribution < -0.4 is 25.8 Å². The number of carboxylic acids is 10. The molecule has 0 aliphatic heterocycles. The smallest absolute Gasteiger partial charge is 0.325 e. The van der Waals surface area contributed by atoms with Crippen LogP contribution in [-0.2, 0) is 115 Å². The van der Waals surface area contributed by atoms with Gasteiger partial charge in [-0.25, -0.2) is 0 Å². The van der Waals surface area contributed by atoms with Crippen molar-refractivity contribution in [3.05, 3.63) is 261 Å². The molecule has 0 saturated heterocycles. The summed E-state index contributed by atoms with van der Waals surface area (Å²) in [5.41, 5.74) is 7.96. The minimum absolute atomic E-state index is 0.0649. The monoisotopic (exact) mass is 1860 g/mol. The number of aliphatic carboxylic acids is 10. The standard InChI is InChI=1S/C14H17NO4.C14H19NO2.C12H13NO3.C12H15NO3.C11H11NO3.C9H13NO5.C8H11NO5.C7H11NO3.C6H9NO3/c1-2-10-3-5-11(6-4-10)9-15-12(14(18)19)7-8-13(16)17;1-4-11-5-7-12(8-6-11)9-15-13(10(2)3)14(16)17;1-9(2)12(16)13(8-11(14)15)10-6-4-3-5-7-10;1-2-9-3-5-10(6-4-9)7-13-11(8-14)12(15)16;1-2-10(13)12(8-11(14)15)9-6-4-3-5-7-9;1-6(2)9(14)10(4-7(11)12)5-8(13)15-3;1-3-6(10)9(4-7(11)12)5-8(13)14-2;1-5(2)7(11)8(3)4-6(9)10;1-3-5(8)7(2)4-6(9)10/h2-6,12,15H,1,7-9H2,(H,16,17)(H,18,19);4-8,10,13,15H,1,9H2,2-3H3,(H,16,17);3-7H,1,8H2,2H3,(H,14,15);2-6,11,13-14H,1,7-8H2,(H,15,16);2-7H,1,8H2,(H,14,15);1,4-5H2,2-3H3,(H,11,12);3H,1,4-5H2,2H3,(H,11,12);1,4H2,2-3H3,(H,9,10);3H,1,4H2,2H3,(H,9,10). The number of amides is 6. The largest absolute Gasteiger partial charge is 0.481 e. The third kappa shape index (κ3) is 58.9. The van der Waals surface area contributed by atoms with E-state index in [-0.39, 0.29) is 68.2 Å². The van der Waals surface area contributed by atoms with Gasteiger partial charge in [-0.2, -0.15) is 0 Å². The van der Waals surface area contributed by atoms with Crippen molar-refractivity contribution >= 4 is 137 Å². The van der Waals surface area contributed by atoms with Crippen molar-refractivity contribution in [2.75, 3.05) is 97.1 Å². The zero-order valence-electron chi connectivity index (χ0n) is 75.5. The van der Waals surface area contributed by atoms with Gasteiger partial charge in [-0.1, -0.05) is 200 Å². The highest BCUT2D eigenvalue weighted by molar-refractivity contribution is 6.07. The van der Waals surface area contributed by atoms with Crippen LogP contribution in [0.4, 0.5) is 11.4 Å². The Hall–Kier alpha value is -15.9. The summed E-state index contributed by atoms with van der Waals surface area (Å²) >= 11 is 0. The number of ether oxygens (including phenoxy) is 2. The van der Waals surface area contributed by atoms with Gasteiger partial charge < -0.3 is 95.9 Å². The van der Waals surface area contributed by atoms with E-state index in [4.69, 9.17) is 56.2 Å². The SMILES string of the molecule is C=C(C)C(=O)N(C)CC(=O)O.C=C(C)C(=O)N(CC(=O)O)CC(=O)OC.C=C(C)C(=O)N(CC(=O)O)c1ccccc1.C=CC(=O)N(C)CC(=O)O.C=CC(=O)N(CC(=O)O)CC(=O)OC.C=CC(=O)N(CC(=O)O)c1ccccc1.C=Cc1ccc(CNC(C(=O)O)C(C)C)cc1.C=Cc1ccc(CNC(CCC(=O)O)C(=O)O)cc1.C=Cc1ccc(CNC(CO)C(=O)O)cc1. The van der Waals surface area contributed by atoms with Gasteiger partial charge in [-0.05, 0) is 109 Å². The zero-order valence-corrected chi connectivity index (χ0v) is 75.5. The van der Waals surface area contributed by atoms with E-state index in [0.717, 1.165) is 90.3 Å². The van der Waals surface area contributed by atoms with Crippen LogP contribution >= 0.6 is 0 Å². The van der Waals surface area contributed by atoms with Gasteiger partial charge >= 0.3 is 71.6 Å². The maximum atomic E-state index is 11.7. The fraction of sp³-hybridized carbons (Fsp3) is 0.290. The molecule has 5 aromatic carbocycles. The highest BCUT2D eigenvalue weighted by Gasteiger charge is 2.25. The number of carboxylic acid groups (broad SMARTS) is 10. The molecule has 0 spiro atoms. The number of aliphatic hydroxyl groups excluding tert-OH is 1. The number of carbonyl (C=O) groups excluding carboxylic acids is 8. The van der Waals surface area contributed by atoms with Crippen LogP contribution in [-0.4, -0.2) is 288 Å². The van der Waals surface area contributed by atoms with Gasteiger partial charge in [0.05, 0.1) is 20.8 Å². The number of nitrogens with one attached hydrogen (secondary N) is 3. The van der Waals surface area contributed by atoms with E-state index in [0.29, 0.717) is 42.2 Å². The molecular weight excluding hydrogens is 1740 g/mol. The van der Waals surface area contributed by atoms with E-state index >= 15 is 0 Å². The first-order valence-corrected chi connectivity index (χ1v) is 39.3. The predicted molar refractivity (Wildman–Crippen MR) is 494 cm³/mol. The number of hydrogen-bond donors (Lipinski definition) is 14. The molecule has 0 aliphatic carbocycles. The quantitative estimate of drug-likeness (QED) is 0.0140. The molecule has 0 saturated carbocycles. The lowest BCUT2D eigenvalue weighted by Crippen LogP contribution is -2.40. The maximum absolute atomic E-state index is 11.7. The number of esters is 2. The Morgan fingerprint density at radius 3 is 0.985 bits per heavy atom. The number of methoxy groups -OCH3 is 2. The number of benzene rings is 5. The van der Waals surface area contributed by atoms with Gasteiger partial charge in [0.1, 0.15) is 70.5 Å². The van der Waals surface area contributed by atoms with Crippen molar-refractivity contribution < 1.29 is 152 Å². The molecule has 40 heteroatoms. The number of hydrogen-bond acceptors (Lipinski definition) is 24. The fourth-order valence-electron chi connectivity index (χ4n) is 9.46. The summed E-state index contributed by atoms with van der Waals surface area (Å²) in [6, 6.07) is 38.0. The molecule has 14 N–H and O–H groups in total. The lowest BCUT2D eigenvalue weighted by Gasteiger charge is -2.20. The second-order valence-corrected chi connectivity index (χ2v) is 27.6. The highest BCUT2D eigenvalue weighted by Crippen LogP contribution is 2.17. The summed E-state index contributed by atoms with van der Waals surface area (Å²) in [6.07, 6.45) is 8.25. The van der Waals surface area contributed by atoms with Crippen molar-refractivity contribution in [3.8, 4) is 0 Å². The van der Waals surface area contributed by atoms with Crippen LogP contribution in [0.1, 0.15) is 80.8 Å². The van der Waals surface area contributed by atoms with Gasteiger partial charge in [-0.15, -0.1) is 0 Å². The van der Waals surface area contributed by atoms with Gasteiger partial charge in [-0.3, -0.25) is 101 Å². The van der Waals surface area contributed by atoms with Crippen LogP contribution in [0.2, 0.25) is 0 Å². The Balaban J connectivity index is -0.000000707. The summed E-state index contributed by atoms with van der Waals surface area (Å²) in [5, 5.41) is 104. The third-order valence-electron chi connectivity index (χ3n) is 16.3. The molecule has 0 bridgehead atoms. The first kappa shape index (κ1) is 123. The second-order valence-electron chi connectivity index (χ2n) is 27.6. The van der Waals surface area contributed by atoms with Crippen LogP contribution in [0.15, 0.2) is 228 Å². The van der Waals surface area contributed by atoms with Crippen LogP contribution in [0.25, 0.3) is 18.2 Å². The van der Waals surface area contributed by atoms with Gasteiger partial charge in [0.25, 0.3) is 11.8 Å². The van der Waals surface area contributed by atoms with Crippen LogP contribution in [0.3, 0.4) is 0 Å². The molecule has 0 heterocycles. The number of anilines is 2. The molecule has 133 heavy (non-hydrogen) atoms. The van der Waals surface area contributed by atoms with Gasteiger partial charge in [0, 0.05) is 68.2 Å². The Kier molecular flexibility index (Phi) is 65.0. The number of aliphatic hydroxyl groups is 1. The molecule has 0 radical (unpaired) electrons. The van der Waals surface area contributed by atoms with Crippen molar-refractivity contribution in [3.63, 3.8) is 0 Å². The summed E-state index contributed by atoms with van der Waals surface area (Å²) in [6.45, 7) is 37.1. The molecule has 3 atom stereocenters. The van der Waals surface area contributed by atoms with E-state index in [2.05, 4.69) is 84.6 Å². The number of carbonyl (C=O) groups is 18. The summed E-state index contributed by atoms with van der Waals surface area (Å²) in [4.78, 5) is 200. The molecule has 0 aliphatic rings. The molecule has 3 unspecified atom stereocenters. The van der Waals surface area contributed by atoms with Crippen molar-refractivity contribution in [2.45, 2.75) is 85.2 Å². The molecule has 40 nitrogen and oxygen atoms in total. The van der Waals surface area contributed by atoms with Crippen LogP contribution in [0, 0.1) is 5.92 Å². The minimum atomic E-state index is -1.20. The Morgan fingerprint density at radius 2 is 0.684 bits per heavy atom. The van der Waals surface area contributed by atoms with Crippen molar-refractivity contribution in [1.82, 2.24) is 35.6 Å². The number of rotatable bonds is 44. The van der Waals surface area contributed by atoms with E-state index < -0.39 is 140 Å². The average molecular weight is 1860 g/mol. The molecule has 5 aromatic rings. The molecule has 0 fully saturated rings. The Morgan fingerprint density at radius 1 is 0.361 bits per heavy atom. The van der Waals surface area contributed by atoms with Gasteiger partial charge in [0.2, 0.25) is 23.6 Å². The number of likely N-dealkylation sites (N-methyl/N-ethyl adjacent to an activating group) is 2. The number of para-hydroxylation sites is 2.